The predicted octanol–water partition coefficient (Wildman–Crippen LogP) is 3.12. The molecule has 0 aliphatic rings. The molecule has 0 saturated carbocycles. The maximum absolute atomic E-state index is 12.6. The van der Waals surface area contributed by atoms with Crippen LogP contribution in [0, 0.1) is 0 Å². The van der Waals surface area contributed by atoms with Gasteiger partial charge in [-0.1, -0.05) is 12.1 Å². The lowest BCUT2D eigenvalue weighted by Gasteiger charge is -2.06. The molecular weight excluding hydrogens is 295 g/mol. The van der Waals surface area contributed by atoms with E-state index in [1.165, 1.54) is 12.1 Å². The number of primary amides is 1. The summed E-state index contributed by atoms with van der Waals surface area (Å²) < 4.78 is 39.3. The Bertz CT molecular complexity index is 851. The second kappa shape index (κ2) is 4.87. The number of nitrogens with two attached hydrogens (primary N) is 1. The molecule has 2 heterocycles. The Hall–Kier alpha value is -2.83. The van der Waals surface area contributed by atoms with Gasteiger partial charge in [0.2, 0.25) is 0 Å². The summed E-state index contributed by atoms with van der Waals surface area (Å²) in [6, 6.07) is 7.86. The summed E-state index contributed by atoms with van der Waals surface area (Å²) in [5, 5.41) is 0. The van der Waals surface area contributed by atoms with E-state index < -0.39 is 17.6 Å². The van der Waals surface area contributed by atoms with Crippen molar-refractivity contribution in [2.45, 2.75) is 6.18 Å². The largest absolute Gasteiger partial charge is 0.416 e. The van der Waals surface area contributed by atoms with E-state index in [2.05, 4.69) is 4.98 Å². The zero-order chi connectivity index (χ0) is 15.9. The van der Waals surface area contributed by atoms with Crippen LogP contribution in [0.5, 0.6) is 0 Å². The fourth-order valence-corrected chi connectivity index (χ4v) is 2.17. The highest BCUT2D eigenvalue weighted by Crippen LogP contribution is 2.31. The number of pyridine rings is 1. The second-order valence-corrected chi connectivity index (χ2v) is 4.72. The van der Waals surface area contributed by atoms with E-state index in [1.807, 2.05) is 0 Å². The normalized spacial score (nSPS) is 11.8. The van der Waals surface area contributed by atoms with Gasteiger partial charge in [-0.15, -0.1) is 0 Å². The number of amides is 1. The summed E-state index contributed by atoms with van der Waals surface area (Å²) in [6.45, 7) is 0. The van der Waals surface area contributed by atoms with Gasteiger partial charge in [-0.05, 0) is 24.3 Å². The van der Waals surface area contributed by atoms with Crippen LogP contribution >= 0.6 is 0 Å². The predicted molar refractivity (Wildman–Crippen MR) is 74.1 cm³/mol. The lowest BCUT2D eigenvalue weighted by atomic mass is 10.1. The first-order chi connectivity index (χ1) is 10.4. The molecule has 3 rings (SSSR count). The van der Waals surface area contributed by atoms with Gasteiger partial charge in [0.05, 0.1) is 16.8 Å². The Morgan fingerprint density at radius 2 is 1.82 bits per heavy atom. The highest BCUT2D eigenvalue weighted by molar-refractivity contribution is 5.98. The molecule has 0 aliphatic carbocycles. The van der Waals surface area contributed by atoms with Gasteiger partial charge >= 0.3 is 6.18 Å². The minimum absolute atomic E-state index is 0.251. The number of alkyl halides is 3. The summed E-state index contributed by atoms with van der Waals surface area (Å²) in [5.74, 6) is -0.616. The highest BCUT2D eigenvalue weighted by atomic mass is 19.4. The molecule has 7 heteroatoms. The fourth-order valence-electron chi connectivity index (χ4n) is 2.17. The first-order valence-corrected chi connectivity index (χ1v) is 6.31. The first-order valence-electron chi connectivity index (χ1n) is 6.31. The van der Waals surface area contributed by atoms with Crippen LogP contribution in [0.1, 0.15) is 15.9 Å². The third-order valence-corrected chi connectivity index (χ3v) is 3.26. The Labute approximate surface area is 123 Å². The number of halogens is 3. The molecule has 22 heavy (non-hydrogen) atoms. The molecule has 1 aromatic carbocycles. The van der Waals surface area contributed by atoms with Crippen molar-refractivity contribution in [1.82, 2.24) is 9.38 Å². The summed E-state index contributed by atoms with van der Waals surface area (Å²) in [4.78, 5) is 15.6. The van der Waals surface area contributed by atoms with E-state index in [0.29, 0.717) is 16.9 Å². The van der Waals surface area contributed by atoms with Gasteiger partial charge in [-0.3, -0.25) is 4.79 Å². The molecule has 3 aromatic rings. The van der Waals surface area contributed by atoms with Crippen molar-refractivity contribution in [3.63, 3.8) is 0 Å². The maximum Gasteiger partial charge on any atom is 0.416 e. The molecule has 0 unspecified atom stereocenters. The van der Waals surface area contributed by atoms with Gasteiger partial charge in [0.25, 0.3) is 5.91 Å². The molecular formula is C15H10F3N3O. The molecule has 0 radical (unpaired) electrons. The Kier molecular flexibility index (Phi) is 3.13. The van der Waals surface area contributed by atoms with E-state index in [1.54, 1.807) is 28.9 Å². The van der Waals surface area contributed by atoms with Crippen molar-refractivity contribution in [2.75, 3.05) is 0 Å². The molecule has 0 fully saturated rings. The van der Waals surface area contributed by atoms with Crippen molar-refractivity contribution < 1.29 is 18.0 Å². The number of imidazole rings is 1. The average Bonchev–Trinajstić information content (AvgIpc) is 2.90. The Balaban J connectivity index is 2.07. The number of hydrogen-bond acceptors (Lipinski definition) is 2. The number of aromatic nitrogens is 2. The number of carbonyl (C=O) groups excluding carboxylic acids is 1. The molecule has 4 nitrogen and oxygen atoms in total. The Morgan fingerprint density at radius 1 is 1.14 bits per heavy atom. The average molecular weight is 305 g/mol. The van der Waals surface area contributed by atoms with Gasteiger partial charge in [-0.25, -0.2) is 4.98 Å². The molecule has 2 N–H and O–H groups in total. The molecule has 2 aromatic heterocycles. The molecule has 0 bridgehead atoms. The van der Waals surface area contributed by atoms with Gasteiger partial charge < -0.3 is 10.1 Å². The molecule has 112 valence electrons. The third-order valence-electron chi connectivity index (χ3n) is 3.26. The topological polar surface area (TPSA) is 60.4 Å². The van der Waals surface area contributed by atoms with E-state index in [-0.39, 0.29) is 5.56 Å². The van der Waals surface area contributed by atoms with Crippen LogP contribution in [0.3, 0.4) is 0 Å². The minimum atomic E-state index is -4.38. The Morgan fingerprint density at radius 3 is 2.41 bits per heavy atom. The first kappa shape index (κ1) is 14.1. The SMILES string of the molecule is NC(=O)c1cccn2cc(-c3ccc(C(F)(F)F)cc3)nc12. The zero-order valence-corrected chi connectivity index (χ0v) is 11.1. The minimum Gasteiger partial charge on any atom is -0.365 e. The van der Waals surface area contributed by atoms with E-state index in [0.717, 1.165) is 12.1 Å². The molecule has 0 saturated heterocycles. The molecule has 1 amide bonds. The van der Waals surface area contributed by atoms with Gasteiger partial charge in [0.15, 0.2) is 0 Å². The smallest absolute Gasteiger partial charge is 0.365 e. The number of hydrogen-bond donors (Lipinski definition) is 1. The van der Waals surface area contributed by atoms with Gasteiger partial charge in [-0.2, -0.15) is 13.2 Å². The van der Waals surface area contributed by atoms with Crippen LogP contribution in [-0.2, 0) is 6.18 Å². The van der Waals surface area contributed by atoms with Crippen LogP contribution in [0.4, 0.5) is 13.2 Å². The maximum atomic E-state index is 12.6. The van der Waals surface area contributed by atoms with Crippen LogP contribution in [0.15, 0.2) is 48.8 Å². The summed E-state index contributed by atoms with van der Waals surface area (Å²) in [6.07, 6.45) is -1.07. The third kappa shape index (κ3) is 2.41. The van der Waals surface area contributed by atoms with Crippen LogP contribution in [0.2, 0.25) is 0 Å². The van der Waals surface area contributed by atoms with Crippen molar-refractivity contribution >= 4 is 11.6 Å². The van der Waals surface area contributed by atoms with Crippen molar-refractivity contribution in [1.29, 1.82) is 0 Å². The number of nitrogens with zero attached hydrogens (tertiary/aromatic N) is 2. The number of rotatable bonds is 2. The zero-order valence-electron chi connectivity index (χ0n) is 11.1. The van der Waals surface area contributed by atoms with Crippen molar-refractivity contribution in [3.05, 3.63) is 59.9 Å². The summed E-state index contributed by atoms with van der Waals surface area (Å²) in [7, 11) is 0. The van der Waals surface area contributed by atoms with E-state index in [4.69, 9.17) is 5.73 Å². The number of fused-ring (bicyclic) bond motifs is 1. The van der Waals surface area contributed by atoms with Gasteiger partial charge in [0, 0.05) is 18.0 Å². The van der Waals surface area contributed by atoms with Crippen LogP contribution in [0.25, 0.3) is 16.9 Å². The van der Waals surface area contributed by atoms with E-state index in [9.17, 15) is 18.0 Å². The van der Waals surface area contributed by atoms with Crippen LogP contribution < -0.4 is 5.73 Å². The summed E-state index contributed by atoms with van der Waals surface area (Å²) in [5.41, 5.74) is 6.15. The van der Waals surface area contributed by atoms with E-state index >= 15 is 0 Å². The summed E-state index contributed by atoms with van der Waals surface area (Å²) >= 11 is 0. The van der Waals surface area contributed by atoms with Gasteiger partial charge in [0.1, 0.15) is 5.65 Å². The van der Waals surface area contributed by atoms with Crippen molar-refractivity contribution in [3.8, 4) is 11.3 Å². The fraction of sp³-hybridized carbons (Fsp3) is 0.0667. The lowest BCUT2D eigenvalue weighted by Crippen LogP contribution is -2.12. The molecule has 0 atom stereocenters. The standard InChI is InChI=1S/C15H10F3N3O/c16-15(17,18)10-5-3-9(4-6-10)12-8-21-7-1-2-11(13(19)22)14(21)20-12/h1-8H,(H2,19,22). The lowest BCUT2D eigenvalue weighted by molar-refractivity contribution is -0.137. The second-order valence-electron chi connectivity index (χ2n) is 4.72. The molecule has 0 aliphatic heterocycles. The highest BCUT2D eigenvalue weighted by Gasteiger charge is 2.30. The van der Waals surface area contributed by atoms with Crippen LogP contribution in [-0.4, -0.2) is 15.3 Å². The number of carbonyl (C=O) groups is 1. The molecule has 0 spiro atoms. The quantitative estimate of drug-likeness (QED) is 0.790. The van der Waals surface area contributed by atoms with Crippen molar-refractivity contribution in [2.24, 2.45) is 5.73 Å². The monoisotopic (exact) mass is 305 g/mol. The number of benzene rings is 1.